The largest absolute Gasteiger partial charge is 0.465 e. The monoisotopic (exact) mass is 326 g/mol. The highest BCUT2D eigenvalue weighted by molar-refractivity contribution is 6.04. The van der Waals surface area contributed by atoms with Gasteiger partial charge >= 0.3 is 6.09 Å². The average Bonchev–Trinajstić information content (AvgIpc) is 2.99. The Labute approximate surface area is 139 Å². The molecule has 0 unspecified atom stereocenters. The van der Waals surface area contributed by atoms with E-state index in [1.54, 1.807) is 17.0 Å². The molecular weight excluding hydrogens is 308 g/mol. The predicted octanol–water partition coefficient (Wildman–Crippen LogP) is 2.48. The van der Waals surface area contributed by atoms with Crippen molar-refractivity contribution in [2.75, 3.05) is 6.54 Å². The number of carboxylic acid groups (broad SMARTS) is 1. The molecule has 1 aliphatic heterocycles. The second-order valence-electron chi connectivity index (χ2n) is 5.41. The lowest BCUT2D eigenvalue weighted by Gasteiger charge is -2.25. The number of rotatable bonds is 5. The summed E-state index contributed by atoms with van der Waals surface area (Å²) in [7, 11) is 0. The zero-order valence-electron chi connectivity index (χ0n) is 13.1. The first-order valence-corrected chi connectivity index (χ1v) is 7.55. The summed E-state index contributed by atoms with van der Waals surface area (Å²) < 4.78 is 1.73. The second-order valence-corrected chi connectivity index (χ2v) is 5.41. The molecule has 124 valence electrons. The van der Waals surface area contributed by atoms with Crippen molar-refractivity contribution in [1.82, 2.24) is 14.7 Å². The molecule has 1 aromatic heterocycles. The Balaban J connectivity index is 1.82. The Kier molecular flexibility index (Phi) is 4.60. The summed E-state index contributed by atoms with van der Waals surface area (Å²) in [4.78, 5) is 18.1. The van der Waals surface area contributed by atoms with Gasteiger partial charge in [-0.1, -0.05) is 41.6 Å². The van der Waals surface area contributed by atoms with Gasteiger partial charge in [-0.15, -0.1) is 6.58 Å². The molecule has 0 fully saturated rings. The fourth-order valence-electron chi connectivity index (χ4n) is 2.57. The summed E-state index contributed by atoms with van der Waals surface area (Å²) >= 11 is 0. The fourth-order valence-corrected chi connectivity index (χ4v) is 2.57. The molecule has 1 aromatic carbocycles. The van der Waals surface area contributed by atoms with Crippen molar-refractivity contribution >= 4 is 11.8 Å². The van der Waals surface area contributed by atoms with E-state index in [1.165, 1.54) is 4.90 Å². The van der Waals surface area contributed by atoms with Gasteiger partial charge in [0.1, 0.15) is 12.3 Å². The van der Waals surface area contributed by atoms with Gasteiger partial charge in [0.2, 0.25) is 0 Å². The summed E-state index contributed by atoms with van der Waals surface area (Å²) in [5, 5.41) is 17.8. The van der Waals surface area contributed by atoms with Gasteiger partial charge in [-0.05, 0) is 5.56 Å². The number of hydrogen-bond donors (Lipinski definition) is 1. The Bertz CT molecular complexity index is 767. The first kappa shape index (κ1) is 15.8. The molecule has 7 nitrogen and oxygen atoms in total. The maximum atomic E-state index is 11.4. The number of hydrogen-bond acceptors (Lipinski definition) is 4. The summed E-state index contributed by atoms with van der Waals surface area (Å²) in [5.41, 5.74) is 3.17. The van der Waals surface area contributed by atoms with Crippen LogP contribution in [0.2, 0.25) is 0 Å². The van der Waals surface area contributed by atoms with Gasteiger partial charge < -0.3 is 9.94 Å². The van der Waals surface area contributed by atoms with Crippen LogP contribution in [0.5, 0.6) is 0 Å². The summed E-state index contributed by atoms with van der Waals surface area (Å²) in [6.07, 6.45) is 2.42. The lowest BCUT2D eigenvalue weighted by Crippen LogP contribution is -2.39. The van der Waals surface area contributed by atoms with Crippen LogP contribution >= 0.6 is 0 Å². The minimum atomic E-state index is -0.997. The maximum absolute atomic E-state index is 11.4. The molecule has 0 aliphatic carbocycles. The second kappa shape index (κ2) is 6.99. The number of benzene rings is 1. The number of amides is 1. The molecule has 0 saturated heterocycles. The minimum Gasteiger partial charge on any atom is -0.465 e. The van der Waals surface area contributed by atoms with E-state index in [0.717, 1.165) is 16.8 Å². The quantitative estimate of drug-likeness (QED) is 0.676. The van der Waals surface area contributed by atoms with Crippen LogP contribution in [0.3, 0.4) is 0 Å². The molecule has 0 spiro atoms. The third-order valence-electron chi connectivity index (χ3n) is 3.76. The molecule has 0 bridgehead atoms. The van der Waals surface area contributed by atoms with Crippen molar-refractivity contribution in [3.63, 3.8) is 0 Å². The van der Waals surface area contributed by atoms with Crippen molar-refractivity contribution in [3.05, 3.63) is 66.0 Å². The van der Waals surface area contributed by atoms with Gasteiger partial charge in [0.15, 0.2) is 0 Å². The van der Waals surface area contributed by atoms with Crippen molar-refractivity contribution in [3.8, 4) is 0 Å². The molecule has 3 rings (SSSR count). The van der Waals surface area contributed by atoms with E-state index in [-0.39, 0.29) is 13.1 Å². The standard InChI is InChI=1S/C17H18N4O3/c1-2-8-21-16-11-20(17(22)23)10-15(14(16)9-18-21)19-24-12-13-6-4-3-5-7-13/h2-7,9H,1,8,10-12H2,(H,22,23)/b19-15-. The molecule has 1 N–H and O–H groups in total. The maximum Gasteiger partial charge on any atom is 0.408 e. The fraction of sp³-hybridized carbons (Fsp3) is 0.235. The van der Waals surface area contributed by atoms with Gasteiger partial charge in [-0.25, -0.2) is 4.79 Å². The highest BCUT2D eigenvalue weighted by Crippen LogP contribution is 2.20. The normalized spacial score (nSPS) is 15.2. The molecule has 1 amide bonds. The lowest BCUT2D eigenvalue weighted by molar-refractivity contribution is 0.126. The third kappa shape index (κ3) is 3.29. The van der Waals surface area contributed by atoms with E-state index in [4.69, 9.17) is 4.84 Å². The number of nitrogens with zero attached hydrogens (tertiary/aromatic N) is 4. The molecule has 24 heavy (non-hydrogen) atoms. The molecule has 0 atom stereocenters. The number of fused-ring (bicyclic) bond motifs is 1. The van der Waals surface area contributed by atoms with Gasteiger partial charge in [0, 0.05) is 5.56 Å². The van der Waals surface area contributed by atoms with Crippen LogP contribution < -0.4 is 0 Å². The molecular formula is C17H18N4O3. The summed E-state index contributed by atoms with van der Waals surface area (Å²) in [6, 6.07) is 9.67. The van der Waals surface area contributed by atoms with Gasteiger partial charge in [-0.2, -0.15) is 5.10 Å². The van der Waals surface area contributed by atoms with E-state index < -0.39 is 6.09 Å². The van der Waals surface area contributed by atoms with Crippen molar-refractivity contribution < 1.29 is 14.7 Å². The lowest BCUT2D eigenvalue weighted by atomic mass is 10.1. The molecule has 2 aromatic rings. The number of oxime groups is 1. The van der Waals surface area contributed by atoms with Crippen molar-refractivity contribution in [2.24, 2.45) is 5.16 Å². The Morgan fingerprint density at radius 1 is 1.38 bits per heavy atom. The zero-order chi connectivity index (χ0) is 16.9. The minimum absolute atomic E-state index is 0.177. The summed E-state index contributed by atoms with van der Waals surface area (Å²) in [6.45, 7) is 4.99. The van der Waals surface area contributed by atoms with Crippen molar-refractivity contribution in [2.45, 2.75) is 19.7 Å². The highest BCUT2D eigenvalue weighted by atomic mass is 16.6. The van der Waals surface area contributed by atoms with Crippen LogP contribution in [0.4, 0.5) is 4.79 Å². The van der Waals surface area contributed by atoms with Crippen LogP contribution in [0.25, 0.3) is 0 Å². The van der Waals surface area contributed by atoms with E-state index in [9.17, 15) is 9.90 Å². The van der Waals surface area contributed by atoms with Gasteiger partial charge in [0.25, 0.3) is 0 Å². The first-order chi connectivity index (χ1) is 11.7. The molecule has 2 heterocycles. The van der Waals surface area contributed by atoms with E-state index in [0.29, 0.717) is 18.9 Å². The zero-order valence-corrected chi connectivity index (χ0v) is 13.1. The smallest absolute Gasteiger partial charge is 0.408 e. The van der Waals surface area contributed by atoms with Crippen LogP contribution in [-0.2, 0) is 24.5 Å². The number of carbonyl (C=O) groups is 1. The van der Waals surface area contributed by atoms with E-state index in [2.05, 4.69) is 16.8 Å². The van der Waals surface area contributed by atoms with Gasteiger partial charge in [-0.3, -0.25) is 9.58 Å². The third-order valence-corrected chi connectivity index (χ3v) is 3.76. The number of allylic oxidation sites excluding steroid dienone is 1. The molecule has 0 saturated carbocycles. The first-order valence-electron chi connectivity index (χ1n) is 7.55. The predicted molar refractivity (Wildman–Crippen MR) is 88.6 cm³/mol. The highest BCUT2D eigenvalue weighted by Gasteiger charge is 2.28. The van der Waals surface area contributed by atoms with Crippen LogP contribution in [0.1, 0.15) is 16.8 Å². The van der Waals surface area contributed by atoms with Crippen LogP contribution in [0.15, 0.2) is 54.3 Å². The van der Waals surface area contributed by atoms with E-state index >= 15 is 0 Å². The average molecular weight is 326 g/mol. The molecule has 1 aliphatic rings. The van der Waals surface area contributed by atoms with E-state index in [1.807, 2.05) is 30.3 Å². The van der Waals surface area contributed by atoms with Crippen LogP contribution in [0, 0.1) is 0 Å². The Morgan fingerprint density at radius 3 is 2.88 bits per heavy atom. The topological polar surface area (TPSA) is 80.0 Å². The van der Waals surface area contributed by atoms with Crippen LogP contribution in [-0.4, -0.2) is 38.1 Å². The number of aromatic nitrogens is 2. The molecule has 7 heteroatoms. The Hall–Kier alpha value is -3.09. The summed E-state index contributed by atoms with van der Waals surface area (Å²) in [5.74, 6) is 0. The Morgan fingerprint density at radius 2 is 2.17 bits per heavy atom. The van der Waals surface area contributed by atoms with Gasteiger partial charge in [0.05, 0.1) is 31.5 Å². The SMILES string of the molecule is C=CCn1ncc2c1CN(C(=O)O)C/C2=N/OCc1ccccc1. The van der Waals surface area contributed by atoms with Crippen molar-refractivity contribution in [1.29, 1.82) is 0 Å². The molecule has 0 radical (unpaired) electrons.